The summed E-state index contributed by atoms with van der Waals surface area (Å²) in [5.41, 5.74) is 1.84. The Labute approximate surface area is 178 Å². The van der Waals surface area contributed by atoms with E-state index in [-0.39, 0.29) is 0 Å². The van der Waals surface area contributed by atoms with Gasteiger partial charge in [-0.2, -0.15) is 0 Å². The van der Waals surface area contributed by atoms with Crippen LogP contribution in [0.1, 0.15) is 5.56 Å². The Kier molecular flexibility index (Phi) is 6.89. The van der Waals surface area contributed by atoms with Crippen molar-refractivity contribution in [1.29, 1.82) is 0 Å². The molecule has 1 heterocycles. The van der Waals surface area contributed by atoms with E-state index in [0.29, 0.717) is 25.2 Å². The first-order valence-electron chi connectivity index (χ1n) is 8.09. The number of piperazine rings is 1. The Morgan fingerprint density at radius 1 is 0.885 bits per heavy atom. The number of nitrogens with one attached hydrogen (secondary N) is 1. The van der Waals surface area contributed by atoms with Crippen molar-refractivity contribution in [3.05, 3.63) is 62.1 Å². The van der Waals surface area contributed by atoms with Crippen LogP contribution in [0.4, 0.5) is 5.69 Å². The van der Waals surface area contributed by atoms with Crippen LogP contribution in [0.5, 0.6) is 0 Å². The fourth-order valence-electron chi connectivity index (χ4n) is 2.79. The molecule has 8 heteroatoms. The molecule has 2 aromatic carbocycles. The molecule has 0 amide bonds. The van der Waals surface area contributed by atoms with Crippen LogP contribution in [0.25, 0.3) is 0 Å². The van der Waals surface area contributed by atoms with E-state index in [0.717, 1.165) is 44.0 Å². The van der Waals surface area contributed by atoms with Gasteiger partial charge < -0.3 is 10.2 Å². The largest absolute Gasteiger partial charge is 0.346 e. The molecular weight excluding hydrogens is 432 g/mol. The average molecular weight is 449 g/mol. The van der Waals surface area contributed by atoms with Gasteiger partial charge in [-0.15, -0.1) is 0 Å². The van der Waals surface area contributed by atoms with E-state index in [9.17, 15) is 0 Å². The van der Waals surface area contributed by atoms with E-state index in [1.165, 1.54) is 0 Å². The quantitative estimate of drug-likeness (QED) is 0.596. The summed E-state index contributed by atoms with van der Waals surface area (Å²) in [7, 11) is 0. The highest BCUT2D eigenvalue weighted by Crippen LogP contribution is 2.26. The second-order valence-electron chi connectivity index (χ2n) is 6.05. The zero-order valence-corrected chi connectivity index (χ0v) is 17.7. The first-order valence-corrected chi connectivity index (χ1v) is 10.0. The van der Waals surface area contributed by atoms with Crippen molar-refractivity contribution in [3.63, 3.8) is 0 Å². The minimum Gasteiger partial charge on any atom is -0.346 e. The molecule has 1 aliphatic heterocycles. The zero-order chi connectivity index (χ0) is 18.7. The molecule has 2 aromatic rings. The summed E-state index contributed by atoms with van der Waals surface area (Å²) >= 11 is 29.9. The summed E-state index contributed by atoms with van der Waals surface area (Å²) in [5.74, 6) is 0. The maximum Gasteiger partial charge on any atom is 0.173 e. The SMILES string of the molecule is S=C(Nc1ccc(Cl)cc1Cl)N1CCN(Cc2ccc(Cl)cc2Cl)CC1. The van der Waals surface area contributed by atoms with Crippen molar-refractivity contribution in [3.8, 4) is 0 Å². The van der Waals surface area contributed by atoms with Crippen molar-refractivity contribution in [2.75, 3.05) is 31.5 Å². The van der Waals surface area contributed by atoms with Gasteiger partial charge in [-0.1, -0.05) is 52.5 Å². The van der Waals surface area contributed by atoms with Crippen LogP contribution in [0.15, 0.2) is 36.4 Å². The molecule has 3 rings (SSSR count). The summed E-state index contributed by atoms with van der Waals surface area (Å²) in [6.45, 7) is 4.27. The standard InChI is InChI=1S/C18H17Cl4N3S/c19-13-2-1-12(15(21)9-13)11-24-5-7-25(8-6-24)18(26)23-17-4-3-14(20)10-16(17)22/h1-4,9-10H,5-8,11H2,(H,23,26). The molecule has 1 saturated heterocycles. The van der Waals surface area contributed by atoms with Gasteiger partial charge in [-0.3, -0.25) is 4.90 Å². The topological polar surface area (TPSA) is 18.5 Å². The summed E-state index contributed by atoms with van der Waals surface area (Å²) in [6, 6.07) is 10.9. The molecule has 0 unspecified atom stereocenters. The second kappa shape index (κ2) is 8.96. The van der Waals surface area contributed by atoms with Gasteiger partial charge in [0.15, 0.2) is 5.11 Å². The van der Waals surface area contributed by atoms with Crippen molar-refractivity contribution in [2.24, 2.45) is 0 Å². The van der Waals surface area contributed by atoms with Gasteiger partial charge in [0.2, 0.25) is 0 Å². The molecule has 1 aliphatic rings. The number of anilines is 1. The van der Waals surface area contributed by atoms with Crippen LogP contribution in [-0.2, 0) is 6.54 Å². The first kappa shape index (κ1) is 20.0. The normalized spacial score (nSPS) is 15.2. The third-order valence-corrected chi connectivity index (χ3v) is 5.74. The van der Waals surface area contributed by atoms with E-state index >= 15 is 0 Å². The number of rotatable bonds is 3. The number of nitrogens with zero attached hydrogens (tertiary/aromatic N) is 2. The van der Waals surface area contributed by atoms with Crippen LogP contribution in [0, 0.1) is 0 Å². The summed E-state index contributed by atoms with van der Waals surface area (Å²) in [6.07, 6.45) is 0. The Bertz CT molecular complexity index is 807. The number of benzene rings is 2. The maximum absolute atomic E-state index is 6.27. The third-order valence-electron chi connectivity index (χ3n) is 4.24. The lowest BCUT2D eigenvalue weighted by Crippen LogP contribution is -2.49. The van der Waals surface area contributed by atoms with Crippen molar-refractivity contribution < 1.29 is 0 Å². The van der Waals surface area contributed by atoms with Gasteiger partial charge in [-0.05, 0) is 48.1 Å². The first-order chi connectivity index (χ1) is 12.4. The smallest absolute Gasteiger partial charge is 0.173 e. The Morgan fingerprint density at radius 2 is 1.50 bits per heavy atom. The van der Waals surface area contributed by atoms with E-state index in [2.05, 4.69) is 15.1 Å². The van der Waals surface area contributed by atoms with Gasteiger partial charge in [0, 0.05) is 47.8 Å². The number of thiocarbonyl (C=S) groups is 1. The molecule has 1 fully saturated rings. The number of halogens is 4. The Morgan fingerprint density at radius 3 is 2.12 bits per heavy atom. The number of hydrogen-bond donors (Lipinski definition) is 1. The lowest BCUT2D eigenvalue weighted by Gasteiger charge is -2.36. The lowest BCUT2D eigenvalue weighted by atomic mass is 10.2. The lowest BCUT2D eigenvalue weighted by molar-refractivity contribution is 0.177. The van der Waals surface area contributed by atoms with Gasteiger partial charge >= 0.3 is 0 Å². The van der Waals surface area contributed by atoms with Gasteiger partial charge in [0.25, 0.3) is 0 Å². The molecule has 26 heavy (non-hydrogen) atoms. The molecule has 0 atom stereocenters. The van der Waals surface area contributed by atoms with Crippen LogP contribution >= 0.6 is 58.6 Å². The van der Waals surface area contributed by atoms with E-state index in [1.807, 2.05) is 18.2 Å². The van der Waals surface area contributed by atoms with Gasteiger partial charge in [0.05, 0.1) is 10.7 Å². The molecule has 0 bridgehead atoms. The third kappa shape index (κ3) is 5.16. The van der Waals surface area contributed by atoms with Crippen molar-refractivity contribution >= 4 is 69.4 Å². The summed E-state index contributed by atoms with van der Waals surface area (Å²) in [4.78, 5) is 4.49. The monoisotopic (exact) mass is 447 g/mol. The maximum atomic E-state index is 6.27. The minimum atomic E-state index is 0.552. The number of hydrogen-bond acceptors (Lipinski definition) is 2. The van der Waals surface area contributed by atoms with Gasteiger partial charge in [-0.25, -0.2) is 0 Å². The van der Waals surface area contributed by atoms with Crippen LogP contribution in [0.3, 0.4) is 0 Å². The summed E-state index contributed by atoms with van der Waals surface area (Å²) < 4.78 is 0. The highest BCUT2D eigenvalue weighted by Gasteiger charge is 2.20. The fourth-order valence-corrected chi connectivity index (χ4v) is 4.00. The second-order valence-corrected chi connectivity index (χ2v) is 8.13. The molecule has 0 spiro atoms. The summed E-state index contributed by atoms with van der Waals surface area (Å²) in [5, 5.41) is 6.37. The predicted octanol–water partition coefficient (Wildman–Crippen LogP) is 5.81. The highest BCUT2D eigenvalue weighted by atomic mass is 35.5. The van der Waals surface area contributed by atoms with Crippen molar-refractivity contribution in [1.82, 2.24) is 9.80 Å². The molecule has 3 nitrogen and oxygen atoms in total. The highest BCUT2D eigenvalue weighted by molar-refractivity contribution is 7.80. The van der Waals surface area contributed by atoms with E-state index in [4.69, 9.17) is 58.6 Å². The fraction of sp³-hybridized carbons (Fsp3) is 0.278. The molecular formula is C18H17Cl4N3S. The minimum absolute atomic E-state index is 0.552. The predicted molar refractivity (Wildman–Crippen MR) is 116 cm³/mol. The molecule has 1 N–H and O–H groups in total. The molecule has 0 aliphatic carbocycles. The molecule has 0 saturated carbocycles. The average Bonchev–Trinajstić information content (AvgIpc) is 2.60. The Balaban J connectivity index is 1.53. The molecule has 0 aromatic heterocycles. The van der Waals surface area contributed by atoms with E-state index in [1.54, 1.807) is 18.2 Å². The van der Waals surface area contributed by atoms with Gasteiger partial charge in [0.1, 0.15) is 0 Å². The van der Waals surface area contributed by atoms with Crippen LogP contribution in [-0.4, -0.2) is 41.1 Å². The van der Waals surface area contributed by atoms with Crippen LogP contribution in [0.2, 0.25) is 20.1 Å². The van der Waals surface area contributed by atoms with E-state index < -0.39 is 0 Å². The Hall–Kier alpha value is -0.750. The van der Waals surface area contributed by atoms with Crippen LogP contribution < -0.4 is 5.32 Å². The zero-order valence-electron chi connectivity index (χ0n) is 13.8. The molecule has 0 radical (unpaired) electrons. The van der Waals surface area contributed by atoms with Crippen molar-refractivity contribution in [2.45, 2.75) is 6.54 Å². The molecule has 138 valence electrons.